The second kappa shape index (κ2) is 5.91. The molecule has 0 aliphatic rings. The summed E-state index contributed by atoms with van der Waals surface area (Å²) in [6.07, 6.45) is -4.33. The highest BCUT2D eigenvalue weighted by atomic mass is 79.9. The Bertz CT molecular complexity index is 336. The first kappa shape index (κ1) is 14.6. The maximum Gasteiger partial charge on any atom is 0.411 e. The molecule has 0 saturated heterocycles. The minimum atomic E-state index is -4.33. The summed E-state index contributed by atoms with van der Waals surface area (Å²) in [6, 6.07) is 1.60. The first-order valence-corrected chi connectivity index (χ1v) is 6.45. The van der Waals surface area contributed by atoms with Crippen LogP contribution < -0.4 is 0 Å². The molecule has 0 bridgehead atoms. The molecule has 1 rings (SSSR count). The van der Waals surface area contributed by atoms with Gasteiger partial charge >= 0.3 is 6.18 Å². The highest BCUT2D eigenvalue weighted by Gasteiger charge is 2.28. The molecule has 0 amide bonds. The van der Waals surface area contributed by atoms with Crippen LogP contribution in [0, 0.1) is 0 Å². The van der Waals surface area contributed by atoms with Crippen molar-refractivity contribution in [3.8, 4) is 0 Å². The van der Waals surface area contributed by atoms with E-state index in [1.165, 1.54) is 11.3 Å². The molecule has 0 N–H and O–H groups in total. The zero-order chi connectivity index (χ0) is 12.3. The Morgan fingerprint density at radius 2 is 2.12 bits per heavy atom. The minimum Gasteiger partial charge on any atom is -0.370 e. The normalized spacial score (nSPS) is 14.1. The lowest BCUT2D eigenvalue weighted by Crippen LogP contribution is -2.18. The first-order valence-electron chi connectivity index (χ1n) is 4.03. The lowest BCUT2D eigenvalue weighted by Gasteiger charge is -2.10. The van der Waals surface area contributed by atoms with Crippen molar-refractivity contribution in [2.24, 2.45) is 0 Å². The van der Waals surface area contributed by atoms with E-state index < -0.39 is 18.2 Å². The molecule has 0 aliphatic heterocycles. The van der Waals surface area contributed by atoms with Gasteiger partial charge in [-0.2, -0.15) is 13.2 Å². The van der Waals surface area contributed by atoms with E-state index in [1.54, 1.807) is 6.07 Å². The summed E-state index contributed by atoms with van der Waals surface area (Å²) in [6.45, 7) is -1.50. The van der Waals surface area contributed by atoms with Gasteiger partial charge < -0.3 is 4.74 Å². The van der Waals surface area contributed by atoms with Crippen molar-refractivity contribution in [3.05, 3.63) is 19.8 Å². The van der Waals surface area contributed by atoms with Crippen LogP contribution in [0.3, 0.4) is 0 Å². The maximum absolute atomic E-state index is 11.8. The Morgan fingerprint density at radius 1 is 1.50 bits per heavy atom. The quantitative estimate of drug-likeness (QED) is 0.687. The molecule has 0 aromatic carbocycles. The topological polar surface area (TPSA) is 9.23 Å². The van der Waals surface area contributed by atoms with Crippen molar-refractivity contribution in [2.45, 2.75) is 11.6 Å². The van der Waals surface area contributed by atoms with E-state index >= 15 is 0 Å². The molecule has 16 heavy (non-hydrogen) atoms. The van der Waals surface area contributed by atoms with Gasteiger partial charge in [0.15, 0.2) is 0 Å². The molecule has 1 unspecified atom stereocenters. The van der Waals surface area contributed by atoms with Crippen LogP contribution >= 0.6 is 50.5 Å². The van der Waals surface area contributed by atoms with Gasteiger partial charge in [-0.15, -0.1) is 22.9 Å². The summed E-state index contributed by atoms with van der Waals surface area (Å²) < 4.78 is 40.5. The molecule has 1 aromatic heterocycles. The largest absolute Gasteiger partial charge is 0.411 e. The van der Waals surface area contributed by atoms with Gasteiger partial charge in [0.2, 0.25) is 0 Å². The number of alkyl halides is 4. The smallest absolute Gasteiger partial charge is 0.370 e. The second-order valence-corrected chi connectivity index (χ2v) is 6.20. The minimum absolute atomic E-state index is 0.204. The fourth-order valence-corrected chi connectivity index (χ4v) is 2.87. The molecule has 0 aliphatic carbocycles. The van der Waals surface area contributed by atoms with Crippen molar-refractivity contribution in [2.75, 3.05) is 13.2 Å². The zero-order valence-corrected chi connectivity index (χ0v) is 11.6. The number of ether oxygens (including phenoxy) is 1. The summed E-state index contributed by atoms with van der Waals surface area (Å²) in [7, 11) is 0. The monoisotopic (exact) mass is 356 g/mol. The standard InChI is InChI=1S/C8H6BrCl2F3OS/c9-7-4(10)1-6(16-7)5(11)2-15-3-8(12,13)14/h1,5H,2-3H2. The van der Waals surface area contributed by atoms with Crippen molar-refractivity contribution < 1.29 is 17.9 Å². The summed E-state index contributed by atoms with van der Waals surface area (Å²) in [5.74, 6) is 0. The summed E-state index contributed by atoms with van der Waals surface area (Å²) in [4.78, 5) is 0.667. The van der Waals surface area contributed by atoms with E-state index in [9.17, 15) is 13.2 Å². The Hall–Kier alpha value is 0.510. The van der Waals surface area contributed by atoms with Crippen molar-refractivity contribution in [1.29, 1.82) is 0 Å². The van der Waals surface area contributed by atoms with E-state index in [-0.39, 0.29) is 6.61 Å². The van der Waals surface area contributed by atoms with E-state index in [2.05, 4.69) is 20.7 Å². The molecule has 0 radical (unpaired) electrons. The maximum atomic E-state index is 11.8. The van der Waals surface area contributed by atoms with Gasteiger partial charge in [0.1, 0.15) is 6.61 Å². The van der Waals surface area contributed by atoms with Crippen LogP contribution in [0.5, 0.6) is 0 Å². The summed E-state index contributed by atoms with van der Waals surface area (Å²) in [5.41, 5.74) is 0. The average Bonchev–Trinajstić information content (AvgIpc) is 2.45. The van der Waals surface area contributed by atoms with Crippen LogP contribution in [-0.2, 0) is 4.74 Å². The van der Waals surface area contributed by atoms with Crippen LogP contribution in [0.2, 0.25) is 5.02 Å². The van der Waals surface area contributed by atoms with Gasteiger partial charge in [-0.3, -0.25) is 0 Å². The van der Waals surface area contributed by atoms with Gasteiger partial charge in [-0.25, -0.2) is 0 Å². The molecule has 0 fully saturated rings. The van der Waals surface area contributed by atoms with Crippen LogP contribution in [0.25, 0.3) is 0 Å². The fourth-order valence-electron chi connectivity index (χ4n) is 0.878. The Kier molecular flexibility index (Phi) is 5.38. The summed E-state index contributed by atoms with van der Waals surface area (Å²) in [5, 5.41) is -0.141. The molecule has 0 spiro atoms. The SMILES string of the molecule is FC(F)(F)COCC(Cl)c1cc(Cl)c(Br)s1. The summed E-state index contributed by atoms with van der Waals surface area (Å²) >= 11 is 16.1. The molecule has 1 heterocycles. The fraction of sp³-hybridized carbons (Fsp3) is 0.500. The van der Waals surface area contributed by atoms with Gasteiger partial charge in [0, 0.05) is 4.88 Å². The molecule has 92 valence electrons. The Morgan fingerprint density at radius 3 is 2.56 bits per heavy atom. The zero-order valence-electron chi connectivity index (χ0n) is 7.65. The van der Waals surface area contributed by atoms with Gasteiger partial charge in [0.25, 0.3) is 0 Å². The van der Waals surface area contributed by atoms with Crippen LogP contribution in [0.1, 0.15) is 10.3 Å². The van der Waals surface area contributed by atoms with E-state index in [4.69, 9.17) is 23.2 Å². The molecule has 1 aromatic rings. The van der Waals surface area contributed by atoms with E-state index in [0.717, 1.165) is 0 Å². The number of halogens is 6. The molecular formula is C8H6BrCl2F3OS. The van der Waals surface area contributed by atoms with Crippen LogP contribution in [0.15, 0.2) is 9.85 Å². The highest BCUT2D eigenvalue weighted by Crippen LogP contribution is 2.37. The van der Waals surface area contributed by atoms with Gasteiger partial charge in [-0.05, 0) is 22.0 Å². The van der Waals surface area contributed by atoms with E-state index in [0.29, 0.717) is 13.7 Å². The molecule has 1 atom stereocenters. The molecule has 0 saturated carbocycles. The lowest BCUT2D eigenvalue weighted by atomic mass is 10.3. The third kappa shape index (κ3) is 4.79. The molecular weight excluding hydrogens is 352 g/mol. The third-order valence-corrected chi connectivity index (χ3v) is 4.58. The number of hydrogen-bond acceptors (Lipinski definition) is 2. The van der Waals surface area contributed by atoms with Crippen LogP contribution in [0.4, 0.5) is 13.2 Å². The number of hydrogen-bond donors (Lipinski definition) is 0. The highest BCUT2D eigenvalue weighted by molar-refractivity contribution is 9.11. The average molecular weight is 358 g/mol. The second-order valence-electron chi connectivity index (χ2n) is 2.87. The predicted octanol–water partition coefficient (Wildman–Crippen LogP) is 5.02. The van der Waals surface area contributed by atoms with Crippen molar-refractivity contribution >= 4 is 50.5 Å². The third-order valence-electron chi connectivity index (χ3n) is 1.50. The first-order chi connectivity index (χ1) is 7.29. The molecule has 8 heteroatoms. The number of rotatable bonds is 4. The van der Waals surface area contributed by atoms with Crippen LogP contribution in [-0.4, -0.2) is 19.4 Å². The van der Waals surface area contributed by atoms with Crippen molar-refractivity contribution in [3.63, 3.8) is 0 Å². The Labute approximate surface area is 113 Å². The molecule has 1 nitrogen and oxygen atoms in total. The van der Waals surface area contributed by atoms with Crippen molar-refractivity contribution in [1.82, 2.24) is 0 Å². The number of thiophene rings is 1. The van der Waals surface area contributed by atoms with E-state index in [1.807, 2.05) is 0 Å². The Balaban J connectivity index is 2.44. The lowest BCUT2D eigenvalue weighted by molar-refractivity contribution is -0.173. The predicted molar refractivity (Wildman–Crippen MR) is 62.5 cm³/mol. The van der Waals surface area contributed by atoms with Gasteiger partial charge in [0.05, 0.1) is 20.8 Å². The van der Waals surface area contributed by atoms with Gasteiger partial charge in [-0.1, -0.05) is 11.6 Å².